The van der Waals surface area contributed by atoms with Crippen LogP contribution in [-0.2, 0) is 0 Å². The van der Waals surface area contributed by atoms with Gasteiger partial charge in [0.1, 0.15) is 0 Å². The van der Waals surface area contributed by atoms with Gasteiger partial charge in [0.05, 0.1) is 13.2 Å². The summed E-state index contributed by atoms with van der Waals surface area (Å²) in [6.07, 6.45) is 2.10. The van der Waals surface area contributed by atoms with Crippen molar-refractivity contribution < 1.29 is 9.47 Å². The lowest BCUT2D eigenvalue weighted by molar-refractivity contribution is 0.257. The van der Waals surface area contributed by atoms with Gasteiger partial charge in [-0.25, -0.2) is 0 Å². The number of benzene rings is 1. The molecule has 1 aromatic carbocycles. The summed E-state index contributed by atoms with van der Waals surface area (Å²) in [5.41, 5.74) is 1.28. The van der Waals surface area contributed by atoms with E-state index in [2.05, 4.69) is 36.3 Å². The van der Waals surface area contributed by atoms with Gasteiger partial charge < -0.3 is 14.8 Å². The average molecular weight is 278 g/mol. The second-order valence-electron chi connectivity index (χ2n) is 5.37. The van der Waals surface area contributed by atoms with E-state index < -0.39 is 0 Å². The Kier molecular flexibility index (Phi) is 5.68. The molecule has 112 valence electrons. The van der Waals surface area contributed by atoms with Gasteiger partial charge in [-0.3, -0.25) is 4.90 Å². The van der Waals surface area contributed by atoms with E-state index in [9.17, 15) is 0 Å². The lowest BCUT2D eigenvalue weighted by Gasteiger charge is -2.25. The predicted molar refractivity (Wildman–Crippen MR) is 81.6 cm³/mol. The summed E-state index contributed by atoms with van der Waals surface area (Å²) in [6, 6.07) is 6.68. The van der Waals surface area contributed by atoms with Crippen molar-refractivity contribution >= 4 is 0 Å². The Hall–Kier alpha value is -1.26. The number of nitrogens with one attached hydrogen (secondary N) is 1. The number of fused-ring (bicyclic) bond motifs is 1. The number of hydrogen-bond acceptors (Lipinski definition) is 4. The Morgan fingerprint density at radius 2 is 2.00 bits per heavy atom. The van der Waals surface area contributed by atoms with E-state index in [0.29, 0.717) is 6.04 Å². The van der Waals surface area contributed by atoms with Crippen LogP contribution in [0, 0.1) is 0 Å². The Bertz CT molecular complexity index is 423. The molecule has 0 spiro atoms. The third-order valence-electron chi connectivity index (χ3n) is 3.85. The SMILES string of the molecule is CNCCCN(C)C(C)c1ccc2c(c1)OCCCO2. The topological polar surface area (TPSA) is 33.7 Å². The zero-order chi connectivity index (χ0) is 14.4. The fourth-order valence-corrected chi connectivity index (χ4v) is 2.39. The van der Waals surface area contributed by atoms with E-state index in [-0.39, 0.29) is 0 Å². The molecule has 0 saturated carbocycles. The van der Waals surface area contributed by atoms with E-state index in [1.165, 1.54) is 5.56 Å². The standard InChI is InChI=1S/C16H26N2O2/c1-13(18(3)9-4-8-17-2)14-6-7-15-16(12-14)20-11-5-10-19-15/h6-7,12-13,17H,4-5,8-11H2,1-3H3. The molecule has 0 bridgehead atoms. The van der Waals surface area contributed by atoms with Crippen LogP contribution in [0.15, 0.2) is 18.2 Å². The van der Waals surface area contributed by atoms with Crippen molar-refractivity contribution in [2.24, 2.45) is 0 Å². The lowest BCUT2D eigenvalue weighted by Crippen LogP contribution is -2.25. The maximum atomic E-state index is 5.76. The molecule has 1 aliphatic rings. The molecule has 0 aromatic heterocycles. The van der Waals surface area contributed by atoms with Crippen molar-refractivity contribution in [2.75, 3.05) is 40.4 Å². The molecule has 0 fully saturated rings. The first kappa shape index (κ1) is 15.1. The van der Waals surface area contributed by atoms with Gasteiger partial charge in [-0.05, 0) is 58.2 Å². The summed E-state index contributed by atoms with van der Waals surface area (Å²) in [4.78, 5) is 2.37. The summed E-state index contributed by atoms with van der Waals surface area (Å²) in [5.74, 6) is 1.76. The number of nitrogens with zero attached hydrogens (tertiary/aromatic N) is 1. The average Bonchev–Trinajstić information content (AvgIpc) is 2.71. The van der Waals surface area contributed by atoms with Gasteiger partial charge in [0.15, 0.2) is 11.5 Å². The molecule has 1 N–H and O–H groups in total. The highest BCUT2D eigenvalue weighted by molar-refractivity contribution is 5.44. The van der Waals surface area contributed by atoms with Crippen molar-refractivity contribution in [3.63, 3.8) is 0 Å². The van der Waals surface area contributed by atoms with E-state index >= 15 is 0 Å². The molecular formula is C16H26N2O2. The van der Waals surface area contributed by atoms with E-state index in [1.807, 2.05) is 13.1 Å². The van der Waals surface area contributed by atoms with Crippen molar-refractivity contribution in [3.8, 4) is 11.5 Å². The van der Waals surface area contributed by atoms with Gasteiger partial charge in [-0.15, -0.1) is 0 Å². The molecule has 1 aromatic rings. The Morgan fingerprint density at radius 3 is 2.75 bits per heavy atom. The number of ether oxygens (including phenoxy) is 2. The largest absolute Gasteiger partial charge is 0.490 e. The van der Waals surface area contributed by atoms with Gasteiger partial charge in [0.25, 0.3) is 0 Å². The maximum absolute atomic E-state index is 5.76. The Labute approximate surface area is 122 Å². The van der Waals surface area contributed by atoms with Gasteiger partial charge in [-0.2, -0.15) is 0 Å². The van der Waals surface area contributed by atoms with Crippen LogP contribution in [0.1, 0.15) is 31.4 Å². The molecule has 0 saturated heterocycles. The molecular weight excluding hydrogens is 252 g/mol. The zero-order valence-corrected chi connectivity index (χ0v) is 12.8. The first-order valence-corrected chi connectivity index (χ1v) is 7.46. The smallest absolute Gasteiger partial charge is 0.161 e. The fourth-order valence-electron chi connectivity index (χ4n) is 2.39. The van der Waals surface area contributed by atoms with E-state index in [1.54, 1.807) is 0 Å². The highest BCUT2D eigenvalue weighted by atomic mass is 16.5. The zero-order valence-electron chi connectivity index (χ0n) is 12.8. The lowest BCUT2D eigenvalue weighted by atomic mass is 10.1. The molecule has 1 aliphatic heterocycles. The molecule has 1 heterocycles. The van der Waals surface area contributed by atoms with Gasteiger partial charge in [0, 0.05) is 12.5 Å². The highest BCUT2D eigenvalue weighted by Crippen LogP contribution is 2.33. The second kappa shape index (κ2) is 7.50. The van der Waals surface area contributed by atoms with Crippen LogP contribution in [0.5, 0.6) is 11.5 Å². The number of rotatable bonds is 6. The molecule has 0 amide bonds. The van der Waals surface area contributed by atoms with Gasteiger partial charge in [-0.1, -0.05) is 6.07 Å². The summed E-state index contributed by atoms with van der Waals surface area (Å²) in [6.45, 7) is 5.85. The fraction of sp³-hybridized carbons (Fsp3) is 0.625. The van der Waals surface area contributed by atoms with Crippen molar-refractivity contribution in [1.29, 1.82) is 0 Å². The summed E-state index contributed by atoms with van der Waals surface area (Å²) in [7, 11) is 4.16. The number of hydrogen-bond donors (Lipinski definition) is 1. The van der Waals surface area contributed by atoms with Crippen LogP contribution < -0.4 is 14.8 Å². The third-order valence-corrected chi connectivity index (χ3v) is 3.85. The van der Waals surface area contributed by atoms with Crippen LogP contribution in [0.3, 0.4) is 0 Å². The van der Waals surface area contributed by atoms with Gasteiger partial charge in [0.2, 0.25) is 0 Å². The Morgan fingerprint density at radius 1 is 1.25 bits per heavy atom. The van der Waals surface area contributed by atoms with Crippen molar-refractivity contribution in [3.05, 3.63) is 23.8 Å². The van der Waals surface area contributed by atoms with Crippen LogP contribution in [0.4, 0.5) is 0 Å². The molecule has 20 heavy (non-hydrogen) atoms. The quantitative estimate of drug-likeness (QED) is 0.811. The summed E-state index contributed by atoms with van der Waals surface area (Å²) < 4.78 is 11.4. The minimum absolute atomic E-state index is 0.379. The molecule has 4 nitrogen and oxygen atoms in total. The van der Waals surface area contributed by atoms with Crippen LogP contribution in [-0.4, -0.2) is 45.3 Å². The molecule has 1 atom stereocenters. The molecule has 0 radical (unpaired) electrons. The van der Waals surface area contributed by atoms with Crippen molar-refractivity contribution in [2.45, 2.75) is 25.8 Å². The molecule has 2 rings (SSSR count). The monoisotopic (exact) mass is 278 g/mol. The molecule has 0 aliphatic carbocycles. The normalized spacial score (nSPS) is 16.0. The van der Waals surface area contributed by atoms with E-state index in [0.717, 1.165) is 50.6 Å². The predicted octanol–water partition coefficient (Wildman–Crippen LogP) is 2.45. The minimum atomic E-state index is 0.379. The molecule has 4 heteroatoms. The first-order chi connectivity index (χ1) is 9.72. The van der Waals surface area contributed by atoms with Crippen LogP contribution in [0.25, 0.3) is 0 Å². The third kappa shape index (κ3) is 3.87. The summed E-state index contributed by atoms with van der Waals surface area (Å²) >= 11 is 0. The van der Waals surface area contributed by atoms with Crippen LogP contribution >= 0.6 is 0 Å². The second-order valence-corrected chi connectivity index (χ2v) is 5.37. The maximum Gasteiger partial charge on any atom is 0.161 e. The van der Waals surface area contributed by atoms with Crippen molar-refractivity contribution in [1.82, 2.24) is 10.2 Å². The van der Waals surface area contributed by atoms with Crippen LogP contribution in [0.2, 0.25) is 0 Å². The van der Waals surface area contributed by atoms with Gasteiger partial charge >= 0.3 is 0 Å². The molecule has 1 unspecified atom stereocenters. The first-order valence-electron chi connectivity index (χ1n) is 7.46. The minimum Gasteiger partial charge on any atom is -0.490 e. The Balaban J connectivity index is 2.02. The van der Waals surface area contributed by atoms with E-state index in [4.69, 9.17) is 9.47 Å². The highest BCUT2D eigenvalue weighted by Gasteiger charge is 2.16. The summed E-state index contributed by atoms with van der Waals surface area (Å²) in [5, 5.41) is 3.19.